The lowest BCUT2D eigenvalue weighted by atomic mass is 10.0. The van der Waals surface area contributed by atoms with Gasteiger partial charge in [0.25, 0.3) is 0 Å². The Morgan fingerprint density at radius 3 is 1.00 bits per heavy atom. The van der Waals surface area contributed by atoms with E-state index in [0.717, 1.165) is 96.3 Å². The van der Waals surface area contributed by atoms with Gasteiger partial charge in [-0.15, -0.1) is 0 Å². The highest BCUT2D eigenvalue weighted by Gasteiger charge is 2.19. The molecule has 0 amide bonds. The summed E-state index contributed by atoms with van der Waals surface area (Å²) in [5, 5.41) is 0. The molecule has 0 heterocycles. The lowest BCUT2D eigenvalue weighted by Crippen LogP contribution is -2.30. The van der Waals surface area contributed by atoms with Crippen LogP contribution in [0, 0.1) is 0 Å². The van der Waals surface area contributed by atoms with Crippen molar-refractivity contribution in [3.63, 3.8) is 0 Å². The second-order valence-electron chi connectivity index (χ2n) is 18.1. The molecular weight excluding hydrogens is 781 g/mol. The van der Waals surface area contributed by atoms with Crippen molar-refractivity contribution in [1.82, 2.24) is 0 Å². The Bertz CT molecular complexity index is 1110. The predicted molar refractivity (Wildman–Crippen MR) is 270 cm³/mol. The van der Waals surface area contributed by atoms with Crippen LogP contribution in [0.4, 0.5) is 0 Å². The zero-order chi connectivity index (χ0) is 45.8. The van der Waals surface area contributed by atoms with Gasteiger partial charge in [0, 0.05) is 19.3 Å². The van der Waals surface area contributed by atoms with Crippen molar-refractivity contribution in [3.8, 4) is 0 Å². The Morgan fingerprint density at radius 1 is 0.333 bits per heavy atom. The van der Waals surface area contributed by atoms with Crippen LogP contribution in [0.1, 0.15) is 278 Å². The van der Waals surface area contributed by atoms with Gasteiger partial charge in [-0.2, -0.15) is 0 Å². The van der Waals surface area contributed by atoms with Gasteiger partial charge in [-0.05, 0) is 77.0 Å². The van der Waals surface area contributed by atoms with Crippen LogP contribution in [0.15, 0.2) is 48.6 Å². The van der Waals surface area contributed by atoms with E-state index in [0.29, 0.717) is 19.3 Å². The molecule has 0 fully saturated rings. The van der Waals surface area contributed by atoms with Gasteiger partial charge in [-0.3, -0.25) is 14.4 Å². The number of hydrogen-bond acceptors (Lipinski definition) is 6. The summed E-state index contributed by atoms with van der Waals surface area (Å²) in [4.78, 5) is 38.0. The van der Waals surface area contributed by atoms with Crippen LogP contribution in [-0.2, 0) is 28.6 Å². The number of hydrogen-bond donors (Lipinski definition) is 0. The van der Waals surface area contributed by atoms with Gasteiger partial charge in [-0.1, -0.05) is 230 Å². The van der Waals surface area contributed by atoms with Crippen molar-refractivity contribution in [2.24, 2.45) is 0 Å². The molecule has 0 unspecified atom stereocenters. The van der Waals surface area contributed by atoms with Crippen LogP contribution in [0.2, 0.25) is 0 Å². The van der Waals surface area contributed by atoms with Crippen LogP contribution in [0.5, 0.6) is 0 Å². The van der Waals surface area contributed by atoms with Gasteiger partial charge in [0.05, 0.1) is 0 Å². The Balaban J connectivity index is 4.38. The first-order valence-electron chi connectivity index (χ1n) is 27.1. The van der Waals surface area contributed by atoms with Crippen molar-refractivity contribution in [1.29, 1.82) is 0 Å². The number of rotatable bonds is 49. The van der Waals surface area contributed by atoms with E-state index in [1.807, 2.05) is 0 Å². The van der Waals surface area contributed by atoms with E-state index in [2.05, 4.69) is 69.4 Å². The van der Waals surface area contributed by atoms with Gasteiger partial charge in [-0.25, -0.2) is 0 Å². The zero-order valence-electron chi connectivity index (χ0n) is 41.8. The van der Waals surface area contributed by atoms with Crippen molar-refractivity contribution in [3.05, 3.63) is 48.6 Å². The van der Waals surface area contributed by atoms with Crippen molar-refractivity contribution in [2.45, 2.75) is 284 Å². The minimum atomic E-state index is -0.779. The minimum Gasteiger partial charge on any atom is -0.462 e. The van der Waals surface area contributed by atoms with E-state index < -0.39 is 6.10 Å². The summed E-state index contributed by atoms with van der Waals surface area (Å²) in [5.41, 5.74) is 0. The van der Waals surface area contributed by atoms with Gasteiger partial charge in [0.2, 0.25) is 0 Å². The largest absolute Gasteiger partial charge is 0.462 e. The van der Waals surface area contributed by atoms with E-state index in [9.17, 15) is 14.4 Å². The Hall–Kier alpha value is -2.63. The first kappa shape index (κ1) is 60.4. The number of esters is 3. The van der Waals surface area contributed by atoms with E-state index in [4.69, 9.17) is 14.2 Å². The number of carbonyl (C=O) groups excluding carboxylic acids is 3. The summed E-state index contributed by atoms with van der Waals surface area (Å²) >= 11 is 0. The molecule has 0 aliphatic carbocycles. The highest BCUT2D eigenvalue weighted by Crippen LogP contribution is 2.16. The van der Waals surface area contributed by atoms with Crippen LogP contribution in [-0.4, -0.2) is 37.2 Å². The third-order valence-corrected chi connectivity index (χ3v) is 11.8. The Morgan fingerprint density at radius 2 is 0.619 bits per heavy atom. The Labute approximate surface area is 390 Å². The number of ether oxygens (including phenoxy) is 3. The molecule has 0 bridgehead atoms. The molecule has 0 rings (SSSR count). The SMILES string of the molecule is CC/C=C/C/C=C/C/C=C/CCCCCCCC(=O)OC[C@@H](COC(=O)CCCCCCCCCCCCCCCCC)OC(=O)CCCCCCCCC/C=C/CCCCCC. The normalized spacial score (nSPS) is 12.4. The van der Waals surface area contributed by atoms with Gasteiger partial charge in [0.1, 0.15) is 13.2 Å². The molecule has 0 aliphatic heterocycles. The zero-order valence-corrected chi connectivity index (χ0v) is 41.8. The van der Waals surface area contributed by atoms with Crippen LogP contribution in [0.25, 0.3) is 0 Å². The molecule has 0 saturated heterocycles. The van der Waals surface area contributed by atoms with Crippen molar-refractivity contribution < 1.29 is 28.6 Å². The molecule has 0 radical (unpaired) electrons. The van der Waals surface area contributed by atoms with E-state index >= 15 is 0 Å². The molecule has 6 nitrogen and oxygen atoms in total. The molecule has 0 spiro atoms. The van der Waals surface area contributed by atoms with Crippen molar-refractivity contribution in [2.75, 3.05) is 13.2 Å². The monoisotopic (exact) mass is 883 g/mol. The first-order valence-corrected chi connectivity index (χ1v) is 27.1. The fraction of sp³-hybridized carbons (Fsp3) is 0.807. The predicted octanol–water partition coefficient (Wildman–Crippen LogP) is 17.9. The lowest BCUT2D eigenvalue weighted by molar-refractivity contribution is -0.167. The van der Waals surface area contributed by atoms with Crippen LogP contribution in [0.3, 0.4) is 0 Å². The summed E-state index contributed by atoms with van der Waals surface area (Å²) in [6.07, 6.45) is 62.3. The smallest absolute Gasteiger partial charge is 0.306 e. The number of carbonyl (C=O) groups is 3. The average Bonchev–Trinajstić information content (AvgIpc) is 3.28. The number of allylic oxidation sites excluding steroid dienone is 8. The topological polar surface area (TPSA) is 78.9 Å². The summed E-state index contributed by atoms with van der Waals surface area (Å²) in [5.74, 6) is -0.889. The van der Waals surface area contributed by atoms with Crippen LogP contribution < -0.4 is 0 Å². The molecule has 1 atom stereocenters. The quantitative estimate of drug-likeness (QED) is 0.0262. The number of unbranched alkanes of at least 4 members (excludes halogenated alkanes) is 30. The molecule has 0 N–H and O–H groups in total. The van der Waals surface area contributed by atoms with Crippen LogP contribution >= 0.6 is 0 Å². The van der Waals surface area contributed by atoms with Gasteiger partial charge < -0.3 is 14.2 Å². The average molecular weight is 883 g/mol. The lowest BCUT2D eigenvalue weighted by Gasteiger charge is -2.18. The Kier molecular flexibility index (Phi) is 49.8. The second kappa shape index (κ2) is 52.0. The van der Waals surface area contributed by atoms with Gasteiger partial charge in [0.15, 0.2) is 6.10 Å². The minimum absolute atomic E-state index is 0.0777. The highest BCUT2D eigenvalue weighted by atomic mass is 16.6. The molecule has 0 aromatic carbocycles. The molecule has 0 aliphatic rings. The fourth-order valence-corrected chi connectivity index (χ4v) is 7.75. The van der Waals surface area contributed by atoms with Gasteiger partial charge >= 0.3 is 17.9 Å². The standard InChI is InChI=1S/C57H102O6/c1-4-7-10-13-16-19-22-25-28-31-34-37-40-43-46-49-55(58)61-52-54(63-57(60)51-48-45-42-39-36-33-30-27-24-21-18-15-12-9-6-3)53-62-56(59)50-47-44-41-38-35-32-29-26-23-20-17-14-11-8-5-2/h7,10,16,19,21,24-25,28,54H,4-6,8-9,11-15,17-18,20,22-23,26-27,29-53H2,1-3H3/b10-7+,19-16+,24-21+,28-25+/t54-/m0/s1. The summed E-state index contributed by atoms with van der Waals surface area (Å²) in [6, 6.07) is 0. The third kappa shape index (κ3) is 50.2. The molecule has 0 aromatic heterocycles. The maximum Gasteiger partial charge on any atom is 0.306 e. The maximum absolute atomic E-state index is 12.8. The molecular formula is C57H102O6. The molecule has 63 heavy (non-hydrogen) atoms. The van der Waals surface area contributed by atoms with E-state index in [1.54, 1.807) is 0 Å². The third-order valence-electron chi connectivity index (χ3n) is 11.8. The molecule has 366 valence electrons. The molecule has 6 heteroatoms. The first-order chi connectivity index (χ1) is 31.0. The second-order valence-corrected chi connectivity index (χ2v) is 18.1. The summed E-state index contributed by atoms with van der Waals surface area (Å²) < 4.78 is 16.8. The van der Waals surface area contributed by atoms with E-state index in [-0.39, 0.29) is 31.1 Å². The fourth-order valence-electron chi connectivity index (χ4n) is 7.75. The highest BCUT2D eigenvalue weighted by molar-refractivity contribution is 5.71. The summed E-state index contributed by atoms with van der Waals surface area (Å²) in [6.45, 7) is 6.52. The molecule has 0 aromatic rings. The van der Waals surface area contributed by atoms with Crippen molar-refractivity contribution >= 4 is 17.9 Å². The summed E-state index contributed by atoms with van der Waals surface area (Å²) in [7, 11) is 0. The maximum atomic E-state index is 12.8. The van der Waals surface area contributed by atoms with E-state index in [1.165, 1.54) is 141 Å². The molecule has 0 saturated carbocycles.